The van der Waals surface area contributed by atoms with Crippen LogP contribution in [0.5, 0.6) is 0 Å². The number of benzene rings is 1. The van der Waals surface area contributed by atoms with Crippen LogP contribution in [0.3, 0.4) is 0 Å². The van der Waals surface area contributed by atoms with Gasteiger partial charge in [0.15, 0.2) is 0 Å². The van der Waals surface area contributed by atoms with Gasteiger partial charge in [0.05, 0.1) is 21.1 Å². The molecule has 2 atom stereocenters. The molecule has 0 aliphatic carbocycles. The molecule has 5 nitrogen and oxygen atoms in total. The van der Waals surface area contributed by atoms with E-state index in [-0.39, 0.29) is 23.8 Å². The van der Waals surface area contributed by atoms with E-state index in [1.165, 1.54) is 0 Å². The molecule has 0 spiro atoms. The number of thiazole rings is 1. The van der Waals surface area contributed by atoms with Crippen molar-refractivity contribution in [3.8, 4) is 0 Å². The van der Waals surface area contributed by atoms with E-state index >= 15 is 0 Å². The molecule has 3 aliphatic heterocycles. The number of nitrogens with zero attached hydrogens (tertiary/aromatic N) is 3. The van der Waals surface area contributed by atoms with E-state index in [0.717, 1.165) is 41.0 Å². The number of carbonyl (C=O) groups is 2. The summed E-state index contributed by atoms with van der Waals surface area (Å²) in [6.45, 7) is 6.07. The summed E-state index contributed by atoms with van der Waals surface area (Å²) in [6.07, 6.45) is 2.87. The molecule has 25 heavy (non-hydrogen) atoms. The highest BCUT2D eigenvalue weighted by Gasteiger charge is 2.41. The lowest BCUT2D eigenvalue weighted by atomic mass is 9.94. The van der Waals surface area contributed by atoms with Gasteiger partial charge in [-0.05, 0) is 44.4 Å². The number of piperidine rings is 1. The Kier molecular flexibility index (Phi) is 4.23. The number of aryl methyl sites for hydroxylation is 1. The number of hydrogen-bond acceptors (Lipinski definition) is 4. The van der Waals surface area contributed by atoms with Crippen LogP contribution in [0.25, 0.3) is 10.2 Å². The molecule has 3 aliphatic rings. The van der Waals surface area contributed by atoms with E-state index in [9.17, 15) is 9.59 Å². The van der Waals surface area contributed by atoms with Crippen molar-refractivity contribution in [3.05, 3.63) is 28.8 Å². The second kappa shape index (κ2) is 6.41. The van der Waals surface area contributed by atoms with Gasteiger partial charge in [-0.2, -0.15) is 0 Å². The molecule has 4 heterocycles. The van der Waals surface area contributed by atoms with Gasteiger partial charge in [-0.15, -0.1) is 11.3 Å². The molecule has 132 valence electrons. The second-order valence-electron chi connectivity index (χ2n) is 7.09. The van der Waals surface area contributed by atoms with Gasteiger partial charge >= 0.3 is 0 Å². The lowest BCUT2D eigenvalue weighted by Crippen LogP contribution is -2.48. The van der Waals surface area contributed by atoms with Crippen LogP contribution in [-0.4, -0.2) is 52.3 Å². The molecule has 2 bridgehead atoms. The predicted octanol–water partition coefficient (Wildman–Crippen LogP) is 3.08. The van der Waals surface area contributed by atoms with Gasteiger partial charge in [-0.25, -0.2) is 4.98 Å². The smallest absolute Gasteiger partial charge is 0.254 e. The SMILES string of the molecule is CCCN1C(=O)[C@@H]2CC[C@H]1CN(C(=O)c1ccc3sc(C)nc3c1)C2. The topological polar surface area (TPSA) is 53.5 Å². The summed E-state index contributed by atoms with van der Waals surface area (Å²) >= 11 is 1.64. The fraction of sp³-hybridized carbons (Fsp3) is 0.526. The van der Waals surface area contributed by atoms with E-state index < -0.39 is 0 Å². The van der Waals surface area contributed by atoms with Gasteiger partial charge in [-0.1, -0.05) is 6.92 Å². The number of hydrogen-bond donors (Lipinski definition) is 0. The van der Waals surface area contributed by atoms with E-state index in [1.807, 2.05) is 34.9 Å². The van der Waals surface area contributed by atoms with Crippen molar-refractivity contribution in [3.63, 3.8) is 0 Å². The quantitative estimate of drug-likeness (QED) is 0.848. The number of fused-ring (bicyclic) bond motifs is 5. The van der Waals surface area contributed by atoms with Crippen molar-refractivity contribution in [1.29, 1.82) is 0 Å². The third-order valence-electron chi connectivity index (χ3n) is 5.29. The minimum atomic E-state index is -0.0421. The molecule has 5 rings (SSSR count). The molecule has 1 aromatic heterocycles. The summed E-state index contributed by atoms with van der Waals surface area (Å²) in [5, 5.41) is 1.01. The highest BCUT2D eigenvalue weighted by Crippen LogP contribution is 2.30. The van der Waals surface area contributed by atoms with Crippen LogP contribution >= 0.6 is 11.3 Å². The zero-order chi connectivity index (χ0) is 17.6. The van der Waals surface area contributed by atoms with Gasteiger partial charge in [0.1, 0.15) is 0 Å². The van der Waals surface area contributed by atoms with E-state index in [1.54, 1.807) is 11.3 Å². The van der Waals surface area contributed by atoms with Crippen molar-refractivity contribution in [2.45, 2.75) is 39.2 Å². The summed E-state index contributed by atoms with van der Waals surface area (Å²) in [6, 6.07) is 5.93. The fourth-order valence-corrected chi connectivity index (χ4v) is 4.91. The van der Waals surface area contributed by atoms with Crippen LogP contribution in [0, 0.1) is 12.8 Å². The second-order valence-corrected chi connectivity index (χ2v) is 8.32. The number of carbonyl (C=O) groups excluding carboxylic acids is 2. The van der Waals surface area contributed by atoms with Gasteiger partial charge in [0.25, 0.3) is 5.91 Å². The number of amides is 2. The van der Waals surface area contributed by atoms with Gasteiger partial charge < -0.3 is 9.80 Å². The van der Waals surface area contributed by atoms with Crippen LogP contribution < -0.4 is 0 Å². The lowest BCUT2D eigenvalue weighted by Gasteiger charge is -2.35. The van der Waals surface area contributed by atoms with Crippen molar-refractivity contribution >= 4 is 33.4 Å². The molecule has 0 unspecified atom stereocenters. The molecule has 1 aromatic carbocycles. The van der Waals surface area contributed by atoms with E-state index in [2.05, 4.69) is 11.9 Å². The maximum atomic E-state index is 13.1. The summed E-state index contributed by atoms with van der Waals surface area (Å²) in [5.41, 5.74) is 1.56. The Bertz CT molecular complexity index is 831. The molecular weight excluding hydrogens is 334 g/mol. The molecule has 3 fully saturated rings. The fourth-order valence-electron chi connectivity index (χ4n) is 4.10. The Labute approximate surface area is 151 Å². The molecular formula is C19H23N3O2S. The normalized spacial score (nSPS) is 23.4. The standard InChI is InChI=1S/C19H23N3O2S/c1-3-8-22-15-6-4-14(19(22)24)10-21(11-15)18(23)13-5-7-17-16(9-13)20-12(2)25-17/h5,7,9,14-15H,3-4,6,8,10-11H2,1-2H3/t14-,15+/m1/s1. The van der Waals surface area contributed by atoms with Gasteiger partial charge in [0.2, 0.25) is 5.91 Å². The Morgan fingerprint density at radius 1 is 1.32 bits per heavy atom. The molecule has 3 saturated heterocycles. The van der Waals surface area contributed by atoms with Gasteiger partial charge in [-0.3, -0.25) is 9.59 Å². The molecule has 0 saturated carbocycles. The summed E-state index contributed by atoms with van der Waals surface area (Å²) < 4.78 is 1.11. The first-order chi connectivity index (χ1) is 12.1. The summed E-state index contributed by atoms with van der Waals surface area (Å²) in [4.78, 5) is 34.1. The molecule has 2 aromatic rings. The van der Waals surface area contributed by atoms with E-state index in [4.69, 9.17) is 0 Å². The minimum Gasteiger partial charge on any atom is -0.338 e. The predicted molar refractivity (Wildman–Crippen MR) is 98.8 cm³/mol. The summed E-state index contributed by atoms with van der Waals surface area (Å²) in [5.74, 6) is 0.217. The number of rotatable bonds is 3. The van der Waals surface area contributed by atoms with Crippen molar-refractivity contribution < 1.29 is 9.59 Å². The zero-order valence-electron chi connectivity index (χ0n) is 14.7. The molecule has 0 radical (unpaired) electrons. The maximum Gasteiger partial charge on any atom is 0.254 e. The lowest BCUT2D eigenvalue weighted by molar-refractivity contribution is -0.139. The first kappa shape index (κ1) is 16.5. The zero-order valence-corrected chi connectivity index (χ0v) is 15.5. The van der Waals surface area contributed by atoms with E-state index in [0.29, 0.717) is 18.7 Å². The number of aromatic nitrogens is 1. The average molecular weight is 357 g/mol. The third kappa shape index (κ3) is 2.92. The Hall–Kier alpha value is -1.95. The third-order valence-corrected chi connectivity index (χ3v) is 6.24. The Morgan fingerprint density at radius 3 is 2.96 bits per heavy atom. The highest BCUT2D eigenvalue weighted by atomic mass is 32.1. The monoisotopic (exact) mass is 357 g/mol. The molecule has 2 amide bonds. The van der Waals surface area contributed by atoms with Crippen LogP contribution in [0.2, 0.25) is 0 Å². The minimum absolute atomic E-state index is 0.0237. The van der Waals surface area contributed by atoms with Crippen molar-refractivity contribution in [2.24, 2.45) is 5.92 Å². The van der Waals surface area contributed by atoms with Crippen LogP contribution in [0.4, 0.5) is 0 Å². The molecule has 6 heteroatoms. The average Bonchev–Trinajstić information content (AvgIpc) is 2.77. The van der Waals surface area contributed by atoms with Crippen molar-refractivity contribution in [1.82, 2.24) is 14.8 Å². The summed E-state index contributed by atoms with van der Waals surface area (Å²) in [7, 11) is 0. The van der Waals surface area contributed by atoms with Gasteiger partial charge in [0, 0.05) is 31.2 Å². The van der Waals surface area contributed by atoms with Crippen LogP contribution in [0.1, 0.15) is 41.6 Å². The first-order valence-corrected chi connectivity index (χ1v) is 9.85. The first-order valence-electron chi connectivity index (χ1n) is 9.03. The van der Waals surface area contributed by atoms with Crippen molar-refractivity contribution in [2.75, 3.05) is 19.6 Å². The van der Waals surface area contributed by atoms with Crippen LogP contribution in [-0.2, 0) is 4.79 Å². The molecule has 0 N–H and O–H groups in total. The van der Waals surface area contributed by atoms with Crippen LogP contribution in [0.15, 0.2) is 18.2 Å². The highest BCUT2D eigenvalue weighted by molar-refractivity contribution is 7.18. The largest absolute Gasteiger partial charge is 0.338 e. The Balaban J connectivity index is 1.60. The maximum absolute atomic E-state index is 13.1. The Morgan fingerprint density at radius 2 is 2.16 bits per heavy atom.